The van der Waals surface area contributed by atoms with Crippen molar-refractivity contribution >= 4 is 93.7 Å². The number of nitro benzene ring substituents is 1. The molecule has 4 heterocycles. The number of hydrazone groups is 2. The van der Waals surface area contributed by atoms with E-state index in [1.54, 1.807) is 12.1 Å². The number of benzene rings is 5. The molecule has 15 heteroatoms. The molecule has 284 valence electrons. The minimum absolute atomic E-state index is 0.123. The molecule has 2 aliphatic heterocycles. The predicted molar refractivity (Wildman–Crippen MR) is 234 cm³/mol. The molecule has 2 aromatic heterocycles. The van der Waals surface area contributed by atoms with Crippen LogP contribution in [0.25, 0.3) is 22.5 Å². The van der Waals surface area contributed by atoms with Crippen molar-refractivity contribution in [3.05, 3.63) is 180 Å². The van der Waals surface area contributed by atoms with Crippen molar-refractivity contribution in [1.29, 1.82) is 0 Å². The summed E-state index contributed by atoms with van der Waals surface area (Å²) in [6.07, 6.45) is 0. The highest BCUT2D eigenvalue weighted by Gasteiger charge is 2.53. The van der Waals surface area contributed by atoms with E-state index in [0.717, 1.165) is 20.1 Å². The van der Waals surface area contributed by atoms with Crippen LogP contribution in [0.1, 0.15) is 22.6 Å². The third kappa shape index (κ3) is 7.10. The Morgan fingerprint density at radius 3 is 1.38 bits per heavy atom. The van der Waals surface area contributed by atoms with Crippen LogP contribution in [0.15, 0.2) is 163 Å². The Morgan fingerprint density at radius 2 is 0.983 bits per heavy atom. The van der Waals surface area contributed by atoms with Gasteiger partial charge in [0.2, 0.25) is 10.3 Å². The first-order chi connectivity index (χ1) is 28.2. The molecule has 7 aromatic rings. The second-order valence-corrected chi connectivity index (χ2v) is 16.9. The molecular weight excluding hydrogens is 902 g/mol. The van der Waals surface area contributed by atoms with Crippen molar-refractivity contribution in [2.75, 3.05) is 10.0 Å². The Hall–Kier alpha value is -6.00. The first-order valence-electron chi connectivity index (χ1n) is 17.9. The maximum Gasteiger partial charge on any atom is 0.269 e. The monoisotopic (exact) mass is 927 g/mol. The molecule has 0 bridgehead atoms. The number of anilines is 2. The van der Waals surface area contributed by atoms with Crippen molar-refractivity contribution < 1.29 is 14.5 Å². The number of hydrogen-bond acceptors (Lipinski definition) is 10. The number of nitrogens with zero attached hydrogens (tertiary/aromatic N) is 7. The number of hydrogen-bond donors (Lipinski definition) is 0. The summed E-state index contributed by atoms with van der Waals surface area (Å²) >= 11 is 9.53. The van der Waals surface area contributed by atoms with Crippen LogP contribution in [-0.4, -0.2) is 38.1 Å². The molecule has 0 radical (unpaired) electrons. The van der Waals surface area contributed by atoms with E-state index in [4.69, 9.17) is 20.2 Å². The maximum absolute atomic E-state index is 15.2. The van der Waals surface area contributed by atoms with Gasteiger partial charge in [0.05, 0.1) is 39.6 Å². The van der Waals surface area contributed by atoms with Gasteiger partial charge >= 0.3 is 0 Å². The largest absolute Gasteiger partial charge is 0.272 e. The fourth-order valence-electron chi connectivity index (χ4n) is 7.17. The fourth-order valence-corrected chi connectivity index (χ4v) is 9.28. The van der Waals surface area contributed by atoms with Gasteiger partial charge in [-0.2, -0.15) is 20.2 Å². The van der Waals surface area contributed by atoms with E-state index < -0.39 is 34.5 Å². The second-order valence-electron chi connectivity index (χ2n) is 13.4. The lowest BCUT2D eigenvalue weighted by molar-refractivity contribution is -0.384. The minimum atomic E-state index is -1.04. The molecule has 2 atom stereocenters. The van der Waals surface area contributed by atoms with Crippen LogP contribution < -0.4 is 10.0 Å². The number of thiazole rings is 2. The van der Waals surface area contributed by atoms with E-state index in [-0.39, 0.29) is 5.69 Å². The molecule has 0 saturated carbocycles. The van der Waals surface area contributed by atoms with Crippen molar-refractivity contribution in [2.45, 2.75) is 5.92 Å². The normalized spacial score (nSPS) is 16.6. The van der Waals surface area contributed by atoms with Crippen LogP contribution in [0.4, 0.5) is 16.0 Å². The molecular formula is C43H27Br2N7O4S2. The Bertz CT molecular complexity index is 2580. The molecule has 11 nitrogen and oxygen atoms in total. The van der Waals surface area contributed by atoms with Crippen LogP contribution in [0.3, 0.4) is 0 Å². The van der Waals surface area contributed by atoms with Gasteiger partial charge < -0.3 is 0 Å². The van der Waals surface area contributed by atoms with E-state index in [0.29, 0.717) is 49.8 Å². The number of amides is 2. The Morgan fingerprint density at radius 1 is 0.569 bits per heavy atom. The van der Waals surface area contributed by atoms with Crippen molar-refractivity contribution in [3.63, 3.8) is 0 Å². The highest BCUT2D eigenvalue weighted by Crippen LogP contribution is 2.46. The fraction of sp³-hybridized carbons (Fsp3) is 0.0698. The summed E-state index contributed by atoms with van der Waals surface area (Å²) < 4.78 is 1.86. The van der Waals surface area contributed by atoms with Crippen molar-refractivity contribution in [3.8, 4) is 22.5 Å². The van der Waals surface area contributed by atoms with Gasteiger partial charge in [0.1, 0.15) is 0 Å². The minimum Gasteiger partial charge on any atom is -0.272 e. The number of nitro groups is 1. The van der Waals surface area contributed by atoms with Gasteiger partial charge in [-0.3, -0.25) is 19.7 Å². The summed E-state index contributed by atoms with van der Waals surface area (Å²) in [5, 5.41) is 28.9. The molecule has 58 heavy (non-hydrogen) atoms. The van der Waals surface area contributed by atoms with Crippen LogP contribution >= 0.6 is 54.5 Å². The van der Waals surface area contributed by atoms with Gasteiger partial charge in [0, 0.05) is 48.9 Å². The molecule has 0 aliphatic carbocycles. The Labute approximate surface area is 356 Å². The first kappa shape index (κ1) is 37.6. The van der Waals surface area contributed by atoms with E-state index in [2.05, 4.69) is 31.9 Å². The number of carbonyl (C=O) groups is 2. The first-order valence-corrected chi connectivity index (χ1v) is 21.2. The summed E-state index contributed by atoms with van der Waals surface area (Å²) in [6.45, 7) is 0. The van der Waals surface area contributed by atoms with E-state index in [9.17, 15) is 10.1 Å². The standard InChI is InChI=1S/C43H27Br2N7O4S2/c44-30-17-11-25(12-18-30)33-23-57-42(46-33)50-40(53)36(38(48-50)28-7-3-1-4-8-28)35(27-15-21-32(22-16-27)52(55)56)37-39(29-9-5-2-6-10-29)49-51(41(37)54)43-47-34(24-58-43)26-13-19-31(45)20-14-26/h1-24,35-37H/t36-,37-/m0/s1. The smallest absolute Gasteiger partial charge is 0.269 e. The van der Waals surface area contributed by atoms with Crippen molar-refractivity contribution in [1.82, 2.24) is 9.97 Å². The van der Waals surface area contributed by atoms with Crippen LogP contribution in [0.2, 0.25) is 0 Å². The molecule has 0 saturated heterocycles. The molecule has 2 aliphatic rings. The van der Waals surface area contributed by atoms with Crippen LogP contribution in [0, 0.1) is 22.0 Å². The third-order valence-electron chi connectivity index (χ3n) is 9.93. The van der Waals surface area contributed by atoms with Gasteiger partial charge in [-0.1, -0.05) is 129 Å². The zero-order chi connectivity index (χ0) is 39.9. The lowest BCUT2D eigenvalue weighted by Crippen LogP contribution is -2.41. The highest BCUT2D eigenvalue weighted by molar-refractivity contribution is 9.10. The molecule has 2 amide bonds. The molecule has 9 rings (SSSR count). The van der Waals surface area contributed by atoms with Gasteiger partial charge in [0.25, 0.3) is 17.5 Å². The van der Waals surface area contributed by atoms with Crippen molar-refractivity contribution in [2.24, 2.45) is 22.0 Å². The maximum atomic E-state index is 15.2. The topological polar surface area (TPSA) is 134 Å². The van der Waals surface area contributed by atoms with Gasteiger partial charge in [-0.15, -0.1) is 22.7 Å². The van der Waals surface area contributed by atoms with Gasteiger partial charge in [-0.25, -0.2) is 9.97 Å². The van der Waals surface area contributed by atoms with Crippen LogP contribution in [0.5, 0.6) is 0 Å². The summed E-state index contributed by atoms with van der Waals surface area (Å²) in [5.41, 5.74) is 5.73. The van der Waals surface area contributed by atoms with Crippen LogP contribution in [-0.2, 0) is 9.59 Å². The zero-order valence-electron chi connectivity index (χ0n) is 29.9. The number of carbonyl (C=O) groups excluding carboxylic acids is 2. The average Bonchev–Trinajstić information content (AvgIpc) is 4.07. The number of rotatable bonds is 10. The molecule has 0 N–H and O–H groups in total. The van der Waals surface area contributed by atoms with Gasteiger partial charge in [-0.05, 0) is 41.0 Å². The quantitative estimate of drug-likeness (QED) is 0.0990. The molecule has 0 unspecified atom stereocenters. The molecule has 0 spiro atoms. The molecule has 0 fully saturated rings. The zero-order valence-corrected chi connectivity index (χ0v) is 34.7. The SMILES string of the molecule is O=C1[C@@H](C(c2ccc([N+](=O)[O-])cc2)[C@@H]2C(=O)N(c3nc(-c4ccc(Br)cc4)cs3)N=C2c2ccccc2)C(c2ccccc2)=NN1c1nc(-c2ccc(Br)cc2)cs1. The third-order valence-corrected chi connectivity index (χ3v) is 12.6. The van der Waals surface area contributed by atoms with E-state index in [1.165, 1.54) is 44.8 Å². The van der Waals surface area contributed by atoms with E-state index in [1.807, 2.05) is 120 Å². The Balaban J connectivity index is 1.19. The van der Waals surface area contributed by atoms with E-state index >= 15 is 9.59 Å². The summed E-state index contributed by atoms with van der Waals surface area (Å²) in [7, 11) is 0. The lowest BCUT2D eigenvalue weighted by Gasteiger charge is -2.29. The Kier molecular flexibility index (Phi) is 10.2. The molecule has 5 aromatic carbocycles. The summed E-state index contributed by atoms with van der Waals surface area (Å²) in [6, 6.07) is 40.2. The predicted octanol–water partition coefficient (Wildman–Crippen LogP) is 10.6. The number of aromatic nitrogens is 2. The van der Waals surface area contributed by atoms with Gasteiger partial charge in [0.15, 0.2) is 0 Å². The summed E-state index contributed by atoms with van der Waals surface area (Å²) in [5.74, 6) is -3.80. The average molecular weight is 930 g/mol. The number of halogens is 2. The lowest BCUT2D eigenvalue weighted by atomic mass is 9.70. The highest BCUT2D eigenvalue weighted by atomic mass is 79.9. The second kappa shape index (κ2) is 15.7. The number of non-ortho nitro benzene ring substituents is 1. The summed E-state index contributed by atoms with van der Waals surface area (Å²) in [4.78, 5) is 51.5.